The average Bonchev–Trinajstić information content (AvgIpc) is 2.62. The summed E-state index contributed by atoms with van der Waals surface area (Å²) in [5.41, 5.74) is 1.23. The molecule has 0 atom stereocenters. The molecule has 26 heavy (non-hydrogen) atoms. The molecule has 3 amide bonds. The Kier molecular flexibility index (Phi) is 8.31. The van der Waals surface area contributed by atoms with E-state index in [0.717, 1.165) is 32.7 Å². The molecule has 1 aliphatic rings. The number of urea groups is 1. The summed E-state index contributed by atoms with van der Waals surface area (Å²) in [5.74, 6) is 0.169. The minimum absolute atomic E-state index is 0.200. The molecule has 1 heterocycles. The first kappa shape index (κ1) is 20.1. The van der Waals surface area contributed by atoms with Crippen LogP contribution in [0.4, 0.5) is 4.79 Å². The Morgan fingerprint density at radius 3 is 2.38 bits per heavy atom. The van der Waals surface area contributed by atoms with Crippen molar-refractivity contribution in [3.8, 4) is 0 Å². The van der Waals surface area contributed by atoms with Gasteiger partial charge in [-0.05, 0) is 17.6 Å². The van der Waals surface area contributed by atoms with Crippen molar-refractivity contribution in [2.45, 2.75) is 13.8 Å². The van der Waals surface area contributed by atoms with E-state index in [2.05, 4.69) is 34.9 Å². The third-order valence-corrected chi connectivity index (χ3v) is 4.51. The summed E-state index contributed by atoms with van der Waals surface area (Å²) in [6.45, 7) is 9.97. The Bertz CT molecular complexity index is 593. The predicted octanol–water partition coefficient (Wildman–Crippen LogP) is -1.03. The molecule has 1 fully saturated rings. The van der Waals surface area contributed by atoms with Crippen LogP contribution in [-0.2, 0) is 4.79 Å². The number of hydrogen-bond acceptors (Lipinski definition) is 2. The fraction of sp³-hybridized carbons (Fsp3) is 0.500. The van der Waals surface area contributed by atoms with Crippen molar-refractivity contribution in [2.24, 2.45) is 5.92 Å². The first-order valence-corrected chi connectivity index (χ1v) is 9.49. The van der Waals surface area contributed by atoms with Crippen LogP contribution in [0.2, 0.25) is 0 Å². The maximum absolute atomic E-state index is 12.0. The fourth-order valence-corrected chi connectivity index (χ4v) is 3.00. The normalized spacial score (nSPS) is 20.3. The summed E-state index contributed by atoms with van der Waals surface area (Å²) >= 11 is 0. The lowest BCUT2D eigenvalue weighted by atomic mass is 10.2. The standard InChI is InChI=1S/C20H30N4O2/c1-17(2)15-21-20(26)22-19(25)16-24-13-11-23(12-14-24)10-6-9-18-7-4-3-5-8-18/h3-9,17H,10-16H2,1-2H3,(H2,21,22,25,26)/p+2/b9-6+. The van der Waals surface area contributed by atoms with Crippen LogP contribution in [-0.4, -0.2) is 57.8 Å². The Balaban J connectivity index is 1.62. The zero-order valence-corrected chi connectivity index (χ0v) is 15.9. The third-order valence-electron chi connectivity index (χ3n) is 4.51. The topological polar surface area (TPSA) is 67.1 Å². The summed E-state index contributed by atoms with van der Waals surface area (Å²) in [6, 6.07) is 9.92. The van der Waals surface area contributed by atoms with Gasteiger partial charge in [0.15, 0.2) is 6.54 Å². The van der Waals surface area contributed by atoms with Gasteiger partial charge in [-0.15, -0.1) is 0 Å². The predicted molar refractivity (Wildman–Crippen MR) is 103 cm³/mol. The molecule has 6 nitrogen and oxygen atoms in total. The number of carbonyl (C=O) groups is 2. The molecule has 0 radical (unpaired) electrons. The van der Waals surface area contributed by atoms with Crippen molar-refractivity contribution in [1.82, 2.24) is 10.6 Å². The number of carbonyl (C=O) groups excluding carboxylic acids is 2. The van der Waals surface area contributed by atoms with Gasteiger partial charge >= 0.3 is 6.03 Å². The SMILES string of the molecule is CC(C)CNC(=O)NC(=O)C[NH+]1CC[NH+](C/C=C/c2ccccc2)CC1. The van der Waals surface area contributed by atoms with Crippen LogP contribution in [0.5, 0.6) is 0 Å². The zero-order valence-electron chi connectivity index (χ0n) is 15.9. The third kappa shape index (κ3) is 7.80. The Morgan fingerprint density at radius 2 is 1.73 bits per heavy atom. The minimum atomic E-state index is -0.390. The zero-order chi connectivity index (χ0) is 18.8. The number of piperazine rings is 1. The smallest absolute Gasteiger partial charge is 0.321 e. The lowest BCUT2D eigenvalue weighted by molar-refractivity contribution is -1.01. The van der Waals surface area contributed by atoms with E-state index < -0.39 is 6.03 Å². The van der Waals surface area contributed by atoms with E-state index >= 15 is 0 Å². The van der Waals surface area contributed by atoms with Crippen LogP contribution in [0.25, 0.3) is 6.08 Å². The van der Waals surface area contributed by atoms with Crippen molar-refractivity contribution in [1.29, 1.82) is 0 Å². The Morgan fingerprint density at radius 1 is 1.08 bits per heavy atom. The molecule has 0 aliphatic carbocycles. The van der Waals surface area contributed by atoms with Crippen LogP contribution in [0.3, 0.4) is 0 Å². The summed E-state index contributed by atoms with van der Waals surface area (Å²) in [5, 5.41) is 5.12. The first-order valence-electron chi connectivity index (χ1n) is 9.49. The molecule has 0 unspecified atom stereocenters. The highest BCUT2D eigenvalue weighted by Gasteiger charge is 2.24. The van der Waals surface area contributed by atoms with Crippen molar-refractivity contribution in [3.63, 3.8) is 0 Å². The van der Waals surface area contributed by atoms with Crippen LogP contribution in [0.15, 0.2) is 36.4 Å². The van der Waals surface area contributed by atoms with Gasteiger partial charge in [0.05, 0.1) is 6.54 Å². The van der Waals surface area contributed by atoms with Crippen LogP contribution in [0, 0.1) is 5.92 Å². The van der Waals surface area contributed by atoms with Gasteiger partial charge in [-0.25, -0.2) is 4.79 Å². The van der Waals surface area contributed by atoms with E-state index in [0.29, 0.717) is 19.0 Å². The number of hydrogen-bond donors (Lipinski definition) is 4. The van der Waals surface area contributed by atoms with Gasteiger partial charge in [0, 0.05) is 6.54 Å². The van der Waals surface area contributed by atoms with Gasteiger partial charge in [-0.1, -0.05) is 50.3 Å². The van der Waals surface area contributed by atoms with Gasteiger partial charge in [0.1, 0.15) is 26.2 Å². The Hall–Kier alpha value is -2.18. The maximum Gasteiger partial charge on any atom is 0.321 e. The Labute approximate surface area is 156 Å². The van der Waals surface area contributed by atoms with Crippen molar-refractivity contribution < 1.29 is 19.4 Å². The molecular weight excluding hydrogens is 328 g/mol. The number of amides is 3. The molecule has 0 bridgehead atoms. The molecule has 1 saturated heterocycles. The molecule has 1 aliphatic heterocycles. The number of rotatable bonds is 7. The van der Waals surface area contributed by atoms with Gasteiger partial charge in [0.25, 0.3) is 5.91 Å². The summed E-state index contributed by atoms with van der Waals surface area (Å²) in [4.78, 5) is 26.4. The summed E-state index contributed by atoms with van der Waals surface area (Å²) in [6.07, 6.45) is 4.39. The fourth-order valence-electron chi connectivity index (χ4n) is 3.00. The molecule has 4 N–H and O–H groups in total. The van der Waals surface area contributed by atoms with Gasteiger partial charge in [0.2, 0.25) is 0 Å². The highest BCUT2D eigenvalue weighted by Crippen LogP contribution is 1.99. The van der Waals surface area contributed by atoms with Gasteiger partial charge in [-0.2, -0.15) is 0 Å². The number of nitrogens with one attached hydrogen (secondary N) is 4. The average molecular weight is 361 g/mol. The second kappa shape index (κ2) is 10.7. The molecule has 2 rings (SSSR count). The van der Waals surface area contributed by atoms with E-state index in [1.54, 1.807) is 0 Å². The second-order valence-corrected chi connectivity index (χ2v) is 7.35. The van der Waals surface area contributed by atoms with E-state index in [-0.39, 0.29) is 5.91 Å². The molecule has 0 spiro atoms. The second-order valence-electron chi connectivity index (χ2n) is 7.35. The minimum Gasteiger partial charge on any atom is -0.338 e. The number of benzene rings is 1. The van der Waals surface area contributed by atoms with Crippen molar-refractivity contribution >= 4 is 18.0 Å². The van der Waals surface area contributed by atoms with Crippen LogP contribution >= 0.6 is 0 Å². The van der Waals surface area contributed by atoms with Crippen molar-refractivity contribution in [2.75, 3.05) is 45.8 Å². The lowest BCUT2D eigenvalue weighted by Crippen LogP contribution is -3.28. The molecule has 0 aromatic heterocycles. The summed E-state index contributed by atoms with van der Waals surface area (Å²) in [7, 11) is 0. The highest BCUT2D eigenvalue weighted by atomic mass is 16.2. The molecule has 0 saturated carbocycles. The largest absolute Gasteiger partial charge is 0.338 e. The van der Waals surface area contributed by atoms with Crippen LogP contribution in [0.1, 0.15) is 19.4 Å². The van der Waals surface area contributed by atoms with E-state index in [1.165, 1.54) is 15.4 Å². The van der Waals surface area contributed by atoms with E-state index in [9.17, 15) is 9.59 Å². The highest BCUT2D eigenvalue weighted by molar-refractivity contribution is 5.94. The maximum atomic E-state index is 12.0. The quantitative estimate of drug-likeness (QED) is 0.502. The molecule has 1 aromatic carbocycles. The number of quaternary nitrogens is 2. The van der Waals surface area contributed by atoms with Crippen molar-refractivity contribution in [3.05, 3.63) is 42.0 Å². The lowest BCUT2D eigenvalue weighted by Gasteiger charge is -2.28. The van der Waals surface area contributed by atoms with E-state index in [1.807, 2.05) is 32.0 Å². The number of imide groups is 1. The van der Waals surface area contributed by atoms with Gasteiger partial charge < -0.3 is 15.1 Å². The molecule has 142 valence electrons. The summed E-state index contributed by atoms with van der Waals surface area (Å²) < 4.78 is 0. The molecule has 1 aromatic rings. The van der Waals surface area contributed by atoms with Crippen LogP contribution < -0.4 is 20.4 Å². The van der Waals surface area contributed by atoms with E-state index in [4.69, 9.17) is 0 Å². The first-order chi connectivity index (χ1) is 12.5. The monoisotopic (exact) mass is 360 g/mol. The molecular formula is C20H32N4O2+2. The van der Waals surface area contributed by atoms with Gasteiger partial charge in [-0.3, -0.25) is 10.1 Å². The molecule has 6 heteroatoms.